The Balaban J connectivity index is 2.10. The van der Waals surface area contributed by atoms with Crippen molar-refractivity contribution in [2.45, 2.75) is 13.2 Å². The van der Waals surface area contributed by atoms with E-state index in [0.29, 0.717) is 11.3 Å². The van der Waals surface area contributed by atoms with Crippen LogP contribution in [-0.2, 0) is 13.2 Å². The van der Waals surface area contributed by atoms with Crippen molar-refractivity contribution in [2.24, 2.45) is 0 Å². The molecular formula is C14H14N2O4. The van der Waals surface area contributed by atoms with Gasteiger partial charge in [0.25, 0.3) is 5.69 Å². The summed E-state index contributed by atoms with van der Waals surface area (Å²) in [4.78, 5) is 10.3. The first-order chi connectivity index (χ1) is 9.60. The second kappa shape index (κ2) is 6.03. The van der Waals surface area contributed by atoms with Crippen LogP contribution in [0.2, 0.25) is 0 Å². The number of ether oxygens (including phenoxy) is 1. The molecule has 0 atom stereocenters. The molecule has 0 amide bonds. The van der Waals surface area contributed by atoms with Crippen LogP contribution in [0.15, 0.2) is 42.5 Å². The van der Waals surface area contributed by atoms with Crippen molar-refractivity contribution in [3.8, 4) is 5.75 Å². The first-order valence-corrected chi connectivity index (χ1v) is 5.95. The summed E-state index contributed by atoms with van der Waals surface area (Å²) in [6.45, 7) is 0.126. The van der Waals surface area contributed by atoms with Gasteiger partial charge >= 0.3 is 0 Å². The average molecular weight is 274 g/mol. The molecule has 2 aromatic rings. The van der Waals surface area contributed by atoms with Gasteiger partial charge < -0.3 is 15.6 Å². The van der Waals surface area contributed by atoms with E-state index in [-0.39, 0.29) is 24.6 Å². The monoisotopic (exact) mass is 274 g/mol. The minimum Gasteiger partial charge on any atom is -0.489 e. The van der Waals surface area contributed by atoms with Gasteiger partial charge in [0, 0.05) is 6.07 Å². The molecule has 3 N–H and O–H groups in total. The predicted molar refractivity (Wildman–Crippen MR) is 74.2 cm³/mol. The highest BCUT2D eigenvalue weighted by molar-refractivity contribution is 5.59. The summed E-state index contributed by atoms with van der Waals surface area (Å²) >= 11 is 0. The van der Waals surface area contributed by atoms with Crippen LogP contribution in [-0.4, -0.2) is 10.0 Å². The lowest BCUT2D eigenvalue weighted by Crippen LogP contribution is -2.00. The molecule has 0 fully saturated rings. The van der Waals surface area contributed by atoms with Crippen molar-refractivity contribution in [1.29, 1.82) is 0 Å². The molecule has 0 spiro atoms. The summed E-state index contributed by atoms with van der Waals surface area (Å²) in [5.74, 6) is 0.594. The largest absolute Gasteiger partial charge is 0.489 e. The summed E-state index contributed by atoms with van der Waals surface area (Å²) < 4.78 is 5.53. The molecule has 0 aliphatic heterocycles. The number of hydrogen-bond acceptors (Lipinski definition) is 5. The molecule has 2 aromatic carbocycles. The van der Waals surface area contributed by atoms with Gasteiger partial charge in [-0.2, -0.15) is 0 Å². The van der Waals surface area contributed by atoms with Crippen LogP contribution in [0, 0.1) is 10.1 Å². The maximum Gasteiger partial charge on any atom is 0.292 e. The van der Waals surface area contributed by atoms with Crippen molar-refractivity contribution in [2.75, 3.05) is 5.73 Å². The fourth-order valence-electron chi connectivity index (χ4n) is 1.74. The Kier molecular flexibility index (Phi) is 4.17. The zero-order valence-corrected chi connectivity index (χ0v) is 10.7. The zero-order chi connectivity index (χ0) is 14.5. The van der Waals surface area contributed by atoms with Crippen LogP contribution in [0.4, 0.5) is 11.4 Å². The molecule has 0 unspecified atom stereocenters. The van der Waals surface area contributed by atoms with E-state index in [4.69, 9.17) is 15.6 Å². The van der Waals surface area contributed by atoms with Gasteiger partial charge in [-0.3, -0.25) is 10.1 Å². The van der Waals surface area contributed by atoms with Gasteiger partial charge in [-0.05, 0) is 29.3 Å². The third-order valence-corrected chi connectivity index (χ3v) is 2.78. The predicted octanol–water partition coefficient (Wildman–Crippen LogP) is 2.25. The molecular weight excluding hydrogens is 260 g/mol. The quantitative estimate of drug-likeness (QED) is 0.495. The Morgan fingerprint density at radius 3 is 2.70 bits per heavy atom. The van der Waals surface area contributed by atoms with E-state index in [1.807, 2.05) is 0 Å². The molecule has 6 nitrogen and oxygen atoms in total. The molecule has 2 rings (SSSR count). The van der Waals surface area contributed by atoms with Crippen molar-refractivity contribution in [3.05, 3.63) is 63.7 Å². The van der Waals surface area contributed by atoms with Crippen molar-refractivity contribution in [3.63, 3.8) is 0 Å². The summed E-state index contributed by atoms with van der Waals surface area (Å²) in [7, 11) is 0. The van der Waals surface area contributed by atoms with E-state index in [1.165, 1.54) is 12.1 Å². The van der Waals surface area contributed by atoms with E-state index < -0.39 is 4.92 Å². The van der Waals surface area contributed by atoms with Crippen LogP contribution in [0.3, 0.4) is 0 Å². The number of nitrogens with two attached hydrogens (primary N) is 1. The standard InChI is InChI=1S/C14H14N2O4/c15-13-5-4-11(7-14(13)16(18)19)9-20-12-3-1-2-10(6-12)8-17/h1-7,17H,8-9,15H2. The second-order valence-corrected chi connectivity index (χ2v) is 4.24. The van der Waals surface area contributed by atoms with Gasteiger partial charge in [0.2, 0.25) is 0 Å². The molecule has 0 aromatic heterocycles. The highest BCUT2D eigenvalue weighted by Crippen LogP contribution is 2.23. The van der Waals surface area contributed by atoms with Gasteiger partial charge in [-0.25, -0.2) is 0 Å². The number of aliphatic hydroxyl groups excluding tert-OH is 1. The summed E-state index contributed by atoms with van der Waals surface area (Å²) in [5, 5.41) is 19.8. The molecule has 0 saturated carbocycles. The third kappa shape index (κ3) is 3.24. The fraction of sp³-hybridized carbons (Fsp3) is 0.143. The lowest BCUT2D eigenvalue weighted by molar-refractivity contribution is -0.384. The van der Waals surface area contributed by atoms with E-state index in [0.717, 1.165) is 5.56 Å². The summed E-state index contributed by atoms with van der Waals surface area (Å²) in [6, 6.07) is 11.6. The van der Waals surface area contributed by atoms with E-state index in [9.17, 15) is 10.1 Å². The lowest BCUT2D eigenvalue weighted by atomic mass is 10.2. The molecule has 104 valence electrons. The van der Waals surface area contributed by atoms with Crippen molar-refractivity contribution >= 4 is 11.4 Å². The number of nitrogen functional groups attached to an aromatic ring is 1. The van der Waals surface area contributed by atoms with Crippen LogP contribution in [0.25, 0.3) is 0 Å². The Morgan fingerprint density at radius 1 is 1.20 bits per heavy atom. The highest BCUT2D eigenvalue weighted by Gasteiger charge is 2.12. The Labute approximate surface area is 115 Å². The number of nitrogens with zero attached hydrogens (tertiary/aromatic N) is 1. The van der Waals surface area contributed by atoms with Crippen molar-refractivity contribution in [1.82, 2.24) is 0 Å². The average Bonchev–Trinajstić information content (AvgIpc) is 2.46. The Bertz CT molecular complexity index is 628. The van der Waals surface area contributed by atoms with Gasteiger partial charge in [0.15, 0.2) is 0 Å². The maximum absolute atomic E-state index is 10.8. The number of nitro groups is 1. The number of benzene rings is 2. The first-order valence-electron chi connectivity index (χ1n) is 5.95. The third-order valence-electron chi connectivity index (χ3n) is 2.78. The smallest absolute Gasteiger partial charge is 0.292 e. The molecule has 20 heavy (non-hydrogen) atoms. The SMILES string of the molecule is Nc1ccc(COc2cccc(CO)c2)cc1[N+](=O)[O-]. The van der Waals surface area contributed by atoms with Gasteiger partial charge in [-0.15, -0.1) is 0 Å². The molecule has 6 heteroatoms. The van der Waals surface area contributed by atoms with Crippen LogP contribution >= 0.6 is 0 Å². The highest BCUT2D eigenvalue weighted by atomic mass is 16.6. The Morgan fingerprint density at radius 2 is 2.00 bits per heavy atom. The number of anilines is 1. The number of nitro benzene ring substituents is 1. The van der Waals surface area contributed by atoms with Crippen LogP contribution < -0.4 is 10.5 Å². The molecule has 0 aliphatic carbocycles. The Hall–Kier alpha value is -2.60. The normalized spacial score (nSPS) is 10.2. The van der Waals surface area contributed by atoms with E-state index >= 15 is 0 Å². The molecule has 0 aliphatic rings. The fourth-order valence-corrected chi connectivity index (χ4v) is 1.74. The van der Waals surface area contributed by atoms with Gasteiger partial charge in [0.1, 0.15) is 18.0 Å². The maximum atomic E-state index is 10.8. The van der Waals surface area contributed by atoms with Crippen molar-refractivity contribution < 1.29 is 14.8 Å². The minimum absolute atomic E-state index is 0.0649. The number of rotatable bonds is 5. The van der Waals surface area contributed by atoms with E-state index in [1.54, 1.807) is 30.3 Å². The van der Waals surface area contributed by atoms with Crippen LogP contribution in [0.1, 0.15) is 11.1 Å². The van der Waals surface area contributed by atoms with E-state index in [2.05, 4.69) is 0 Å². The summed E-state index contributed by atoms with van der Waals surface area (Å²) in [5.41, 5.74) is 6.92. The molecule has 0 saturated heterocycles. The summed E-state index contributed by atoms with van der Waals surface area (Å²) in [6.07, 6.45) is 0. The topological polar surface area (TPSA) is 98.6 Å². The zero-order valence-electron chi connectivity index (χ0n) is 10.7. The first kappa shape index (κ1) is 13.8. The minimum atomic E-state index is -0.523. The molecule has 0 heterocycles. The van der Waals surface area contributed by atoms with Gasteiger partial charge in [0.05, 0.1) is 11.5 Å². The second-order valence-electron chi connectivity index (χ2n) is 4.24. The molecule has 0 bridgehead atoms. The molecule has 0 radical (unpaired) electrons. The number of aliphatic hydroxyl groups is 1. The van der Waals surface area contributed by atoms with Gasteiger partial charge in [-0.1, -0.05) is 18.2 Å². The lowest BCUT2D eigenvalue weighted by Gasteiger charge is -2.08. The number of hydrogen-bond donors (Lipinski definition) is 2. The van der Waals surface area contributed by atoms with Crippen LogP contribution in [0.5, 0.6) is 5.75 Å².